The molecule has 0 heterocycles. The van der Waals surface area contributed by atoms with Gasteiger partial charge in [0, 0.05) is 17.2 Å². The maximum Gasteiger partial charge on any atom is 0.164 e. The summed E-state index contributed by atoms with van der Waals surface area (Å²) in [7, 11) is 3.21. The van der Waals surface area contributed by atoms with Crippen molar-refractivity contribution in [3.63, 3.8) is 0 Å². The van der Waals surface area contributed by atoms with Crippen LogP contribution >= 0.6 is 0 Å². The van der Waals surface area contributed by atoms with Gasteiger partial charge in [-0.2, -0.15) is 0 Å². The van der Waals surface area contributed by atoms with E-state index in [1.54, 1.807) is 20.3 Å². The lowest BCUT2D eigenvalue weighted by atomic mass is 10.1. The zero-order valence-electron chi connectivity index (χ0n) is 8.46. The number of aromatic hydroxyl groups is 1. The molecular formula is C11H14O3. The highest BCUT2D eigenvalue weighted by atomic mass is 16.5. The minimum absolute atomic E-state index is 0.171. The topological polar surface area (TPSA) is 38.7 Å². The molecule has 0 unspecified atom stereocenters. The molecule has 0 radical (unpaired) electrons. The molecule has 0 bridgehead atoms. The van der Waals surface area contributed by atoms with Crippen LogP contribution in [0, 0.1) is 0 Å². The maximum atomic E-state index is 9.68. The lowest BCUT2D eigenvalue weighted by Crippen LogP contribution is -1.95. The molecular weight excluding hydrogens is 180 g/mol. The van der Waals surface area contributed by atoms with E-state index in [0.717, 1.165) is 30.6 Å². The van der Waals surface area contributed by atoms with E-state index >= 15 is 0 Å². The lowest BCUT2D eigenvalue weighted by molar-refractivity contribution is 0.361. The van der Waals surface area contributed by atoms with Crippen LogP contribution in [0.4, 0.5) is 0 Å². The zero-order valence-corrected chi connectivity index (χ0v) is 8.46. The second-order valence-corrected chi connectivity index (χ2v) is 3.44. The van der Waals surface area contributed by atoms with Gasteiger partial charge >= 0.3 is 0 Å². The smallest absolute Gasteiger partial charge is 0.164 e. The first-order valence-corrected chi connectivity index (χ1v) is 4.73. The molecule has 14 heavy (non-hydrogen) atoms. The van der Waals surface area contributed by atoms with Crippen molar-refractivity contribution in [2.24, 2.45) is 0 Å². The highest BCUT2D eigenvalue weighted by Gasteiger charge is 2.22. The van der Waals surface area contributed by atoms with Crippen molar-refractivity contribution in [1.29, 1.82) is 0 Å². The molecule has 0 amide bonds. The van der Waals surface area contributed by atoms with E-state index in [1.807, 2.05) is 0 Å². The van der Waals surface area contributed by atoms with E-state index < -0.39 is 0 Å². The Bertz CT molecular complexity index is 358. The number of rotatable bonds is 2. The van der Waals surface area contributed by atoms with E-state index in [9.17, 15) is 5.11 Å². The minimum atomic E-state index is 0.171. The molecule has 0 fully saturated rings. The Labute approximate surface area is 83.3 Å². The monoisotopic (exact) mass is 194 g/mol. The molecule has 0 aromatic heterocycles. The van der Waals surface area contributed by atoms with E-state index in [1.165, 1.54) is 5.56 Å². The molecule has 1 N–H and O–H groups in total. The van der Waals surface area contributed by atoms with Crippen LogP contribution in [0.2, 0.25) is 0 Å². The number of methoxy groups -OCH3 is 2. The van der Waals surface area contributed by atoms with E-state index in [4.69, 9.17) is 9.47 Å². The lowest BCUT2D eigenvalue weighted by Gasteiger charge is -2.12. The van der Waals surface area contributed by atoms with Gasteiger partial charge in [-0.25, -0.2) is 0 Å². The largest absolute Gasteiger partial charge is 0.504 e. The quantitative estimate of drug-likeness (QED) is 0.781. The van der Waals surface area contributed by atoms with Crippen LogP contribution in [0.5, 0.6) is 17.2 Å². The van der Waals surface area contributed by atoms with Crippen molar-refractivity contribution in [2.45, 2.75) is 19.3 Å². The van der Waals surface area contributed by atoms with Crippen molar-refractivity contribution >= 4 is 0 Å². The molecule has 0 atom stereocenters. The first kappa shape index (κ1) is 9.19. The van der Waals surface area contributed by atoms with Gasteiger partial charge in [-0.1, -0.05) is 0 Å². The SMILES string of the molecule is COc1cc(O)c(OC)c2c1CCC2. The van der Waals surface area contributed by atoms with Gasteiger partial charge in [-0.05, 0) is 19.3 Å². The van der Waals surface area contributed by atoms with Crippen LogP contribution in [0.1, 0.15) is 17.5 Å². The summed E-state index contributed by atoms with van der Waals surface area (Å²) in [5.41, 5.74) is 2.28. The van der Waals surface area contributed by atoms with Gasteiger partial charge in [-0.15, -0.1) is 0 Å². The molecule has 1 aliphatic carbocycles. The number of phenols is 1. The molecule has 3 nitrogen and oxygen atoms in total. The van der Waals surface area contributed by atoms with Crippen molar-refractivity contribution in [3.05, 3.63) is 17.2 Å². The second-order valence-electron chi connectivity index (χ2n) is 3.44. The van der Waals surface area contributed by atoms with Crippen molar-refractivity contribution in [3.8, 4) is 17.2 Å². The third-order valence-corrected chi connectivity index (χ3v) is 2.71. The average Bonchev–Trinajstić information content (AvgIpc) is 2.65. The standard InChI is InChI=1S/C11H14O3/c1-13-10-6-9(12)11(14-2)8-5-3-4-7(8)10/h6,12H,3-5H2,1-2H3. The minimum Gasteiger partial charge on any atom is -0.504 e. The van der Waals surface area contributed by atoms with E-state index in [0.29, 0.717) is 5.75 Å². The summed E-state index contributed by atoms with van der Waals surface area (Å²) in [6.07, 6.45) is 3.07. The van der Waals surface area contributed by atoms with Gasteiger partial charge in [0.1, 0.15) is 5.75 Å². The molecule has 0 saturated carbocycles. The first-order chi connectivity index (χ1) is 6.77. The molecule has 1 aliphatic rings. The molecule has 0 spiro atoms. The Morgan fingerprint density at radius 3 is 2.50 bits per heavy atom. The fourth-order valence-electron chi connectivity index (χ4n) is 2.11. The van der Waals surface area contributed by atoms with Gasteiger partial charge in [0.2, 0.25) is 0 Å². The highest BCUT2D eigenvalue weighted by Crippen LogP contribution is 2.42. The van der Waals surface area contributed by atoms with Gasteiger partial charge in [0.05, 0.1) is 14.2 Å². The summed E-state index contributed by atoms with van der Waals surface area (Å²) in [4.78, 5) is 0. The van der Waals surface area contributed by atoms with Crippen LogP contribution in [0.15, 0.2) is 6.07 Å². The van der Waals surface area contributed by atoms with Crippen molar-refractivity contribution in [2.75, 3.05) is 14.2 Å². The van der Waals surface area contributed by atoms with Gasteiger partial charge in [-0.3, -0.25) is 0 Å². The first-order valence-electron chi connectivity index (χ1n) is 4.73. The molecule has 1 aromatic rings. The molecule has 0 saturated heterocycles. The highest BCUT2D eigenvalue weighted by molar-refractivity contribution is 5.58. The zero-order chi connectivity index (χ0) is 10.1. The van der Waals surface area contributed by atoms with Crippen LogP contribution < -0.4 is 9.47 Å². The summed E-state index contributed by atoms with van der Waals surface area (Å²) in [5.74, 6) is 1.55. The van der Waals surface area contributed by atoms with E-state index in [-0.39, 0.29) is 5.75 Å². The van der Waals surface area contributed by atoms with Crippen molar-refractivity contribution in [1.82, 2.24) is 0 Å². The predicted molar refractivity (Wildman–Crippen MR) is 53.2 cm³/mol. The summed E-state index contributed by atoms with van der Waals surface area (Å²) in [6.45, 7) is 0. The molecule has 1 aromatic carbocycles. The Hall–Kier alpha value is -1.38. The van der Waals surface area contributed by atoms with Gasteiger partial charge in [0.15, 0.2) is 11.5 Å². The number of benzene rings is 1. The summed E-state index contributed by atoms with van der Waals surface area (Å²) < 4.78 is 10.4. The number of phenolic OH excluding ortho intramolecular Hbond substituents is 1. The normalized spacial score (nSPS) is 13.9. The maximum absolute atomic E-state index is 9.68. The van der Waals surface area contributed by atoms with Crippen molar-refractivity contribution < 1.29 is 14.6 Å². The molecule has 2 rings (SSSR count). The fraction of sp³-hybridized carbons (Fsp3) is 0.455. The molecule has 76 valence electrons. The second kappa shape index (κ2) is 3.40. The Kier molecular flexibility index (Phi) is 2.23. The average molecular weight is 194 g/mol. The Morgan fingerprint density at radius 1 is 1.14 bits per heavy atom. The fourth-order valence-corrected chi connectivity index (χ4v) is 2.11. The molecule has 0 aliphatic heterocycles. The number of hydrogen-bond donors (Lipinski definition) is 1. The summed E-state index contributed by atoms with van der Waals surface area (Å²) in [5, 5.41) is 9.68. The third kappa shape index (κ3) is 1.20. The summed E-state index contributed by atoms with van der Waals surface area (Å²) >= 11 is 0. The Balaban J connectivity index is 2.61. The van der Waals surface area contributed by atoms with E-state index in [2.05, 4.69) is 0 Å². The number of ether oxygens (including phenoxy) is 2. The Morgan fingerprint density at radius 2 is 1.86 bits per heavy atom. The van der Waals surface area contributed by atoms with Crippen LogP contribution in [-0.4, -0.2) is 19.3 Å². The number of hydrogen-bond acceptors (Lipinski definition) is 3. The van der Waals surface area contributed by atoms with Crippen LogP contribution in [-0.2, 0) is 12.8 Å². The number of fused-ring (bicyclic) bond motifs is 1. The van der Waals surface area contributed by atoms with Gasteiger partial charge < -0.3 is 14.6 Å². The predicted octanol–water partition coefficient (Wildman–Crippen LogP) is 1.90. The molecule has 3 heteroatoms. The van der Waals surface area contributed by atoms with Crippen LogP contribution in [0.3, 0.4) is 0 Å². The van der Waals surface area contributed by atoms with Gasteiger partial charge in [0.25, 0.3) is 0 Å². The third-order valence-electron chi connectivity index (χ3n) is 2.71. The summed E-state index contributed by atoms with van der Waals surface area (Å²) in [6, 6.07) is 1.63. The van der Waals surface area contributed by atoms with Crippen LogP contribution in [0.25, 0.3) is 0 Å².